The molecule has 1 atom stereocenters. The first-order valence-electron chi connectivity index (χ1n) is 6.66. The van der Waals surface area contributed by atoms with Crippen molar-refractivity contribution in [1.82, 2.24) is 4.90 Å². The van der Waals surface area contributed by atoms with Crippen molar-refractivity contribution in [3.05, 3.63) is 29.3 Å². The summed E-state index contributed by atoms with van der Waals surface area (Å²) < 4.78 is 33.1. The largest absolute Gasteiger partial charge is 0.369 e. The zero-order valence-corrected chi connectivity index (χ0v) is 12.2. The fourth-order valence-electron chi connectivity index (χ4n) is 2.63. The molecule has 1 heterocycles. The SMILES string of the molecule is CC1CN(C(=O)c2cc(F)c(NN)c(F)c2)CC(C)(C)O1. The van der Waals surface area contributed by atoms with E-state index in [2.05, 4.69) is 0 Å². The molecule has 3 N–H and O–H groups in total. The number of amides is 1. The molecule has 1 amide bonds. The van der Waals surface area contributed by atoms with Crippen molar-refractivity contribution in [2.45, 2.75) is 32.5 Å². The highest BCUT2D eigenvalue weighted by atomic mass is 19.1. The molecule has 1 aromatic carbocycles. The van der Waals surface area contributed by atoms with Gasteiger partial charge in [0.2, 0.25) is 0 Å². The molecular weight excluding hydrogens is 280 g/mol. The van der Waals surface area contributed by atoms with Crippen molar-refractivity contribution in [1.29, 1.82) is 0 Å². The van der Waals surface area contributed by atoms with E-state index in [1.54, 1.807) is 0 Å². The number of ether oxygens (including phenoxy) is 1. The number of carbonyl (C=O) groups excluding carboxylic acids is 1. The van der Waals surface area contributed by atoms with Gasteiger partial charge in [-0.1, -0.05) is 0 Å². The maximum atomic E-state index is 13.7. The van der Waals surface area contributed by atoms with E-state index < -0.39 is 28.8 Å². The Balaban J connectivity index is 2.28. The van der Waals surface area contributed by atoms with Crippen LogP contribution in [-0.2, 0) is 4.74 Å². The molecule has 0 bridgehead atoms. The van der Waals surface area contributed by atoms with E-state index in [1.165, 1.54) is 4.90 Å². The normalized spacial score (nSPS) is 21.2. The van der Waals surface area contributed by atoms with E-state index in [-0.39, 0.29) is 11.7 Å². The van der Waals surface area contributed by atoms with Gasteiger partial charge >= 0.3 is 0 Å². The number of nitrogens with one attached hydrogen (secondary N) is 1. The van der Waals surface area contributed by atoms with Gasteiger partial charge in [0.15, 0.2) is 11.6 Å². The molecule has 1 aliphatic rings. The molecule has 0 spiro atoms. The molecule has 1 aromatic rings. The average Bonchev–Trinajstić information content (AvgIpc) is 2.35. The van der Waals surface area contributed by atoms with E-state index in [9.17, 15) is 13.6 Å². The maximum Gasteiger partial charge on any atom is 0.254 e. The molecule has 2 rings (SSSR count). The second-order valence-corrected chi connectivity index (χ2v) is 5.83. The Kier molecular flexibility index (Phi) is 4.15. The van der Waals surface area contributed by atoms with Gasteiger partial charge in [0.25, 0.3) is 5.91 Å². The zero-order chi connectivity index (χ0) is 15.8. The van der Waals surface area contributed by atoms with Crippen LogP contribution in [0.4, 0.5) is 14.5 Å². The predicted octanol–water partition coefficient (Wildman–Crippen LogP) is 1.89. The minimum Gasteiger partial charge on any atom is -0.369 e. The molecule has 0 aromatic heterocycles. The molecule has 116 valence electrons. The number of anilines is 1. The van der Waals surface area contributed by atoms with Crippen molar-refractivity contribution in [2.24, 2.45) is 5.84 Å². The number of carbonyl (C=O) groups is 1. The van der Waals surface area contributed by atoms with Gasteiger partial charge in [-0.25, -0.2) is 8.78 Å². The van der Waals surface area contributed by atoms with Crippen molar-refractivity contribution < 1.29 is 18.3 Å². The second-order valence-electron chi connectivity index (χ2n) is 5.83. The summed E-state index contributed by atoms with van der Waals surface area (Å²) in [5.74, 6) is 2.80. The number of hydrazine groups is 1. The van der Waals surface area contributed by atoms with Crippen LogP contribution in [-0.4, -0.2) is 35.6 Å². The van der Waals surface area contributed by atoms with Crippen LogP contribution in [0, 0.1) is 11.6 Å². The lowest BCUT2D eigenvalue weighted by Crippen LogP contribution is -2.53. The number of halogens is 2. The third kappa shape index (κ3) is 3.30. The molecule has 5 nitrogen and oxygen atoms in total. The van der Waals surface area contributed by atoms with E-state index in [0.29, 0.717) is 13.1 Å². The smallest absolute Gasteiger partial charge is 0.254 e. The highest BCUT2D eigenvalue weighted by Crippen LogP contribution is 2.25. The van der Waals surface area contributed by atoms with Crippen molar-refractivity contribution in [2.75, 3.05) is 18.5 Å². The van der Waals surface area contributed by atoms with Gasteiger partial charge in [-0.2, -0.15) is 0 Å². The summed E-state index contributed by atoms with van der Waals surface area (Å²) in [7, 11) is 0. The first-order chi connectivity index (χ1) is 9.73. The first-order valence-corrected chi connectivity index (χ1v) is 6.66. The number of nitrogens with zero attached hydrogens (tertiary/aromatic N) is 1. The lowest BCUT2D eigenvalue weighted by Gasteiger charge is -2.41. The first kappa shape index (κ1) is 15.7. The maximum absolute atomic E-state index is 13.7. The van der Waals surface area contributed by atoms with Crippen LogP contribution in [0.15, 0.2) is 12.1 Å². The molecule has 0 saturated carbocycles. The van der Waals surface area contributed by atoms with Crippen molar-refractivity contribution >= 4 is 11.6 Å². The third-order valence-corrected chi connectivity index (χ3v) is 3.29. The summed E-state index contributed by atoms with van der Waals surface area (Å²) in [6.45, 7) is 6.32. The average molecular weight is 299 g/mol. The quantitative estimate of drug-likeness (QED) is 0.646. The van der Waals surface area contributed by atoms with Crippen LogP contribution >= 0.6 is 0 Å². The molecular formula is C14H19F2N3O2. The molecule has 0 radical (unpaired) electrons. The Bertz CT molecular complexity index is 540. The van der Waals surface area contributed by atoms with Gasteiger partial charge in [-0.15, -0.1) is 0 Å². The molecule has 1 fully saturated rings. The van der Waals surface area contributed by atoms with Gasteiger partial charge in [0.1, 0.15) is 5.69 Å². The van der Waals surface area contributed by atoms with Crippen molar-refractivity contribution in [3.8, 4) is 0 Å². The number of benzene rings is 1. The molecule has 1 saturated heterocycles. The Morgan fingerprint density at radius 3 is 2.48 bits per heavy atom. The standard InChI is InChI=1S/C14H19F2N3O2/c1-8-6-19(7-14(2,3)21-8)13(20)9-4-10(15)12(18-17)11(16)5-9/h4-5,8,18H,6-7,17H2,1-3H3. The summed E-state index contributed by atoms with van der Waals surface area (Å²) in [4.78, 5) is 14.0. The zero-order valence-electron chi connectivity index (χ0n) is 12.2. The Morgan fingerprint density at radius 2 is 2.00 bits per heavy atom. The Hall–Kier alpha value is -1.73. The summed E-state index contributed by atoms with van der Waals surface area (Å²) in [6.07, 6.45) is -0.141. The van der Waals surface area contributed by atoms with Gasteiger partial charge in [0.05, 0.1) is 11.7 Å². The number of rotatable bonds is 2. The van der Waals surface area contributed by atoms with Crippen molar-refractivity contribution in [3.63, 3.8) is 0 Å². The van der Waals surface area contributed by atoms with Crippen LogP contribution in [0.5, 0.6) is 0 Å². The molecule has 21 heavy (non-hydrogen) atoms. The van der Waals surface area contributed by atoms with Gasteiger partial charge in [-0.3, -0.25) is 10.6 Å². The number of hydrogen-bond acceptors (Lipinski definition) is 4. The Morgan fingerprint density at radius 1 is 1.43 bits per heavy atom. The lowest BCUT2D eigenvalue weighted by atomic mass is 10.0. The number of morpholine rings is 1. The molecule has 0 aliphatic carbocycles. The van der Waals surface area contributed by atoms with Crippen LogP contribution in [0.2, 0.25) is 0 Å². The monoisotopic (exact) mass is 299 g/mol. The summed E-state index contributed by atoms with van der Waals surface area (Å²) in [5, 5.41) is 0. The van der Waals surface area contributed by atoms with Gasteiger partial charge in [-0.05, 0) is 32.9 Å². The Labute approximate surface area is 122 Å². The topological polar surface area (TPSA) is 67.6 Å². The molecule has 1 unspecified atom stereocenters. The van der Waals surface area contributed by atoms with Gasteiger partial charge in [0, 0.05) is 18.7 Å². The minimum atomic E-state index is -0.901. The van der Waals surface area contributed by atoms with E-state index in [4.69, 9.17) is 10.6 Å². The van der Waals surface area contributed by atoms with E-state index >= 15 is 0 Å². The van der Waals surface area contributed by atoms with Crippen LogP contribution in [0.3, 0.4) is 0 Å². The number of nitrogens with two attached hydrogens (primary N) is 1. The van der Waals surface area contributed by atoms with Crippen LogP contribution in [0.1, 0.15) is 31.1 Å². The molecule has 1 aliphatic heterocycles. The summed E-state index contributed by atoms with van der Waals surface area (Å²) in [6, 6.07) is 1.96. The highest BCUT2D eigenvalue weighted by Gasteiger charge is 2.34. The number of nitrogen functional groups attached to an aromatic ring is 1. The van der Waals surface area contributed by atoms with E-state index in [0.717, 1.165) is 12.1 Å². The lowest BCUT2D eigenvalue weighted by molar-refractivity contribution is -0.118. The summed E-state index contributed by atoms with van der Waals surface area (Å²) in [5.41, 5.74) is 0.934. The van der Waals surface area contributed by atoms with Crippen LogP contribution < -0.4 is 11.3 Å². The fourth-order valence-corrected chi connectivity index (χ4v) is 2.63. The molecule has 7 heteroatoms. The number of hydrogen-bond donors (Lipinski definition) is 2. The fraction of sp³-hybridized carbons (Fsp3) is 0.500. The van der Waals surface area contributed by atoms with E-state index in [1.807, 2.05) is 26.2 Å². The minimum absolute atomic E-state index is 0.0473. The third-order valence-electron chi connectivity index (χ3n) is 3.29. The van der Waals surface area contributed by atoms with Gasteiger partial charge < -0.3 is 15.1 Å². The highest BCUT2D eigenvalue weighted by molar-refractivity contribution is 5.94. The second kappa shape index (κ2) is 5.57. The van der Waals surface area contributed by atoms with Crippen LogP contribution in [0.25, 0.3) is 0 Å². The summed E-state index contributed by atoms with van der Waals surface area (Å²) >= 11 is 0. The predicted molar refractivity (Wildman–Crippen MR) is 74.7 cm³/mol.